The Kier molecular flexibility index (Phi) is 9.51. The van der Waals surface area contributed by atoms with Gasteiger partial charge in [0.1, 0.15) is 12.6 Å². The number of aliphatic hydroxyl groups excluding tert-OH is 1. The van der Waals surface area contributed by atoms with Gasteiger partial charge >= 0.3 is 12.1 Å². The Morgan fingerprint density at radius 1 is 1.00 bits per heavy atom. The predicted molar refractivity (Wildman–Crippen MR) is 114 cm³/mol. The molecule has 0 spiro atoms. The van der Waals surface area contributed by atoms with Crippen molar-refractivity contribution in [3.8, 4) is 0 Å². The maximum atomic E-state index is 12.3. The molecule has 0 saturated carbocycles. The number of benzene rings is 2. The van der Waals surface area contributed by atoms with E-state index < -0.39 is 30.1 Å². The standard InChI is InChI=1S/C23H28N2O6/c1-16-8-10-17(11-9-16)12-20(22(28)30-2)25-21(27)13-19(26)14-24-23(29)31-15-18-6-4-3-5-7-18/h3-11,19-20,26H,12-15H2,1-2H3,(H,24,29)(H,25,27)/t19-,20-/m1/s1. The van der Waals surface area contributed by atoms with Gasteiger partial charge in [-0.25, -0.2) is 9.59 Å². The Morgan fingerprint density at radius 2 is 1.68 bits per heavy atom. The predicted octanol–water partition coefficient (Wildman–Crippen LogP) is 1.87. The molecule has 8 nitrogen and oxygen atoms in total. The van der Waals surface area contributed by atoms with Gasteiger partial charge in [0.2, 0.25) is 5.91 Å². The van der Waals surface area contributed by atoms with Crippen LogP contribution in [0.1, 0.15) is 23.1 Å². The first-order valence-electron chi connectivity index (χ1n) is 9.92. The Hall–Kier alpha value is -3.39. The van der Waals surface area contributed by atoms with E-state index >= 15 is 0 Å². The fourth-order valence-corrected chi connectivity index (χ4v) is 2.81. The van der Waals surface area contributed by atoms with Crippen LogP contribution >= 0.6 is 0 Å². The Labute approximate surface area is 181 Å². The number of carbonyl (C=O) groups excluding carboxylic acids is 3. The summed E-state index contributed by atoms with van der Waals surface area (Å²) < 4.78 is 9.81. The van der Waals surface area contributed by atoms with Gasteiger partial charge in [-0.05, 0) is 18.1 Å². The van der Waals surface area contributed by atoms with Gasteiger partial charge in [0.15, 0.2) is 0 Å². The van der Waals surface area contributed by atoms with Crippen molar-refractivity contribution in [3.05, 3.63) is 71.3 Å². The lowest BCUT2D eigenvalue weighted by atomic mass is 10.0. The second-order valence-corrected chi connectivity index (χ2v) is 7.13. The maximum Gasteiger partial charge on any atom is 0.407 e. The van der Waals surface area contributed by atoms with Gasteiger partial charge in [0.05, 0.1) is 19.6 Å². The van der Waals surface area contributed by atoms with Gasteiger partial charge in [0.25, 0.3) is 0 Å². The van der Waals surface area contributed by atoms with Gasteiger partial charge in [-0.1, -0.05) is 60.2 Å². The number of hydrogen-bond acceptors (Lipinski definition) is 6. The minimum atomic E-state index is -1.14. The zero-order valence-electron chi connectivity index (χ0n) is 17.7. The maximum absolute atomic E-state index is 12.3. The van der Waals surface area contributed by atoms with E-state index in [1.165, 1.54) is 7.11 Å². The van der Waals surface area contributed by atoms with Crippen molar-refractivity contribution < 1.29 is 29.0 Å². The third kappa shape index (κ3) is 8.88. The molecule has 2 atom stereocenters. The first kappa shape index (κ1) is 23.9. The fraction of sp³-hybridized carbons (Fsp3) is 0.348. The van der Waals surface area contributed by atoms with Crippen molar-refractivity contribution in [2.75, 3.05) is 13.7 Å². The van der Waals surface area contributed by atoms with E-state index in [1.54, 1.807) is 0 Å². The van der Waals surface area contributed by atoms with Crippen molar-refractivity contribution in [1.29, 1.82) is 0 Å². The number of esters is 1. The highest BCUT2D eigenvalue weighted by Crippen LogP contribution is 2.08. The second-order valence-electron chi connectivity index (χ2n) is 7.13. The molecule has 0 saturated heterocycles. The van der Waals surface area contributed by atoms with Gasteiger partial charge in [-0.2, -0.15) is 0 Å². The van der Waals surface area contributed by atoms with Gasteiger partial charge < -0.3 is 25.2 Å². The molecule has 2 aromatic carbocycles. The number of alkyl carbamates (subject to hydrolysis) is 1. The van der Waals surface area contributed by atoms with E-state index in [9.17, 15) is 19.5 Å². The first-order valence-corrected chi connectivity index (χ1v) is 9.92. The second kappa shape index (κ2) is 12.3. The third-order valence-corrected chi connectivity index (χ3v) is 4.50. The van der Waals surface area contributed by atoms with Crippen molar-refractivity contribution in [2.24, 2.45) is 0 Å². The van der Waals surface area contributed by atoms with E-state index in [0.29, 0.717) is 0 Å². The summed E-state index contributed by atoms with van der Waals surface area (Å²) in [6.07, 6.45) is -1.86. The molecule has 2 amide bonds. The summed E-state index contributed by atoms with van der Waals surface area (Å²) >= 11 is 0. The summed E-state index contributed by atoms with van der Waals surface area (Å²) in [5.74, 6) is -1.11. The molecule has 0 aromatic heterocycles. The van der Waals surface area contributed by atoms with Crippen molar-refractivity contribution >= 4 is 18.0 Å². The molecule has 0 aliphatic rings. The third-order valence-electron chi connectivity index (χ3n) is 4.50. The smallest absolute Gasteiger partial charge is 0.407 e. The van der Waals surface area contributed by atoms with Crippen LogP contribution in [0.15, 0.2) is 54.6 Å². The SMILES string of the molecule is COC(=O)[C@@H](Cc1ccc(C)cc1)NC(=O)C[C@@H](O)CNC(=O)OCc1ccccc1. The van der Waals surface area contributed by atoms with Crippen molar-refractivity contribution in [3.63, 3.8) is 0 Å². The van der Waals surface area contributed by atoms with Crippen LogP contribution in [-0.2, 0) is 32.1 Å². The van der Waals surface area contributed by atoms with Crippen molar-refractivity contribution in [2.45, 2.75) is 38.5 Å². The van der Waals surface area contributed by atoms with Crippen LogP contribution in [0.2, 0.25) is 0 Å². The monoisotopic (exact) mass is 428 g/mol. The van der Waals surface area contributed by atoms with Crippen LogP contribution in [0.5, 0.6) is 0 Å². The highest BCUT2D eigenvalue weighted by molar-refractivity contribution is 5.85. The molecule has 0 fully saturated rings. The number of rotatable bonds is 10. The highest BCUT2D eigenvalue weighted by Gasteiger charge is 2.23. The number of ether oxygens (including phenoxy) is 2. The van der Waals surface area contributed by atoms with Crippen LogP contribution in [0.4, 0.5) is 4.79 Å². The first-order chi connectivity index (χ1) is 14.9. The van der Waals surface area contributed by atoms with Gasteiger partial charge in [-0.15, -0.1) is 0 Å². The zero-order chi connectivity index (χ0) is 22.6. The van der Waals surface area contributed by atoms with E-state index in [4.69, 9.17) is 9.47 Å². The Morgan fingerprint density at radius 3 is 2.32 bits per heavy atom. The van der Waals surface area contributed by atoms with E-state index in [0.717, 1.165) is 16.7 Å². The summed E-state index contributed by atoms with van der Waals surface area (Å²) in [5.41, 5.74) is 2.78. The average molecular weight is 428 g/mol. The van der Waals surface area contributed by atoms with E-state index in [2.05, 4.69) is 10.6 Å². The topological polar surface area (TPSA) is 114 Å². The summed E-state index contributed by atoms with van der Waals surface area (Å²) in [6, 6.07) is 15.9. The highest BCUT2D eigenvalue weighted by atomic mass is 16.5. The molecule has 3 N–H and O–H groups in total. The Bertz CT molecular complexity index is 854. The van der Waals surface area contributed by atoms with Crippen LogP contribution in [-0.4, -0.2) is 48.9 Å². The molecular formula is C23H28N2O6. The lowest BCUT2D eigenvalue weighted by Crippen LogP contribution is -2.45. The fourth-order valence-electron chi connectivity index (χ4n) is 2.81. The molecule has 0 aliphatic carbocycles. The minimum Gasteiger partial charge on any atom is -0.467 e. The molecule has 166 valence electrons. The van der Waals surface area contributed by atoms with Gasteiger partial charge in [-0.3, -0.25) is 4.79 Å². The number of amides is 2. The zero-order valence-corrected chi connectivity index (χ0v) is 17.7. The quantitative estimate of drug-likeness (QED) is 0.498. The number of hydrogen-bond donors (Lipinski definition) is 3. The van der Waals surface area contributed by atoms with E-state index in [1.807, 2.05) is 61.5 Å². The molecule has 2 rings (SSSR count). The molecule has 2 aromatic rings. The normalized spacial score (nSPS) is 12.4. The van der Waals surface area contributed by atoms with Crippen LogP contribution in [0.25, 0.3) is 0 Å². The number of aliphatic hydroxyl groups is 1. The largest absolute Gasteiger partial charge is 0.467 e. The molecule has 0 heterocycles. The molecule has 0 bridgehead atoms. The van der Waals surface area contributed by atoms with Crippen LogP contribution in [0.3, 0.4) is 0 Å². The van der Waals surface area contributed by atoms with Crippen LogP contribution in [0, 0.1) is 6.92 Å². The number of aryl methyl sites for hydroxylation is 1. The molecular weight excluding hydrogens is 400 g/mol. The van der Waals surface area contributed by atoms with Crippen LogP contribution < -0.4 is 10.6 Å². The summed E-state index contributed by atoms with van der Waals surface area (Å²) in [4.78, 5) is 36.0. The molecule has 0 aliphatic heterocycles. The molecule has 0 radical (unpaired) electrons. The number of methoxy groups -OCH3 is 1. The minimum absolute atomic E-state index is 0.100. The lowest BCUT2D eigenvalue weighted by molar-refractivity contribution is -0.145. The molecule has 31 heavy (non-hydrogen) atoms. The van der Waals surface area contributed by atoms with E-state index in [-0.39, 0.29) is 26.0 Å². The Balaban J connectivity index is 1.76. The average Bonchev–Trinajstić information content (AvgIpc) is 2.77. The van der Waals surface area contributed by atoms with Gasteiger partial charge in [0, 0.05) is 13.0 Å². The van der Waals surface area contributed by atoms with Crippen molar-refractivity contribution in [1.82, 2.24) is 10.6 Å². The summed E-state index contributed by atoms with van der Waals surface area (Å²) in [6.45, 7) is 1.89. The molecule has 0 unspecified atom stereocenters. The summed E-state index contributed by atoms with van der Waals surface area (Å²) in [7, 11) is 1.25. The lowest BCUT2D eigenvalue weighted by Gasteiger charge is -2.18. The number of carbonyl (C=O) groups is 3. The molecule has 8 heteroatoms. The number of nitrogens with one attached hydrogen (secondary N) is 2. The summed E-state index contributed by atoms with van der Waals surface area (Å²) in [5, 5.41) is 15.0.